The molecule has 29 heavy (non-hydrogen) atoms. The first-order valence-electron chi connectivity index (χ1n) is 10.5. The van der Waals surface area contributed by atoms with Gasteiger partial charge < -0.3 is 20.0 Å². The number of nitrogens with one attached hydrogen (secondary N) is 1. The van der Waals surface area contributed by atoms with Crippen LogP contribution in [0.15, 0.2) is 30.3 Å². The summed E-state index contributed by atoms with van der Waals surface area (Å²) in [5.41, 5.74) is 2.39. The second-order valence-corrected chi connectivity index (χ2v) is 8.00. The first kappa shape index (κ1) is 19.6. The molecule has 2 aliphatic rings. The molecule has 0 bridgehead atoms. The zero-order valence-corrected chi connectivity index (χ0v) is 17.4. The predicted octanol–water partition coefficient (Wildman–Crippen LogP) is 2.78. The van der Waals surface area contributed by atoms with Crippen LogP contribution in [-0.4, -0.2) is 67.1 Å². The number of carbonyl (C=O) groups is 1. The number of carbonyl (C=O) groups excluding carboxylic acids is 1. The highest BCUT2D eigenvalue weighted by Gasteiger charge is 2.17. The van der Waals surface area contributed by atoms with Gasteiger partial charge in [0.1, 0.15) is 17.3 Å². The van der Waals surface area contributed by atoms with Gasteiger partial charge in [0, 0.05) is 56.7 Å². The number of likely N-dealkylation sites (N-methyl/N-ethyl adjacent to an activating group) is 1. The van der Waals surface area contributed by atoms with Gasteiger partial charge in [-0.3, -0.25) is 4.79 Å². The van der Waals surface area contributed by atoms with Gasteiger partial charge in [0.2, 0.25) is 0 Å². The molecule has 0 saturated carbocycles. The van der Waals surface area contributed by atoms with Gasteiger partial charge in [-0.25, -0.2) is 9.97 Å². The third kappa shape index (κ3) is 4.85. The smallest absolute Gasteiger partial charge is 0.274 e. The minimum Gasteiger partial charge on any atom is -0.369 e. The van der Waals surface area contributed by atoms with Crippen molar-refractivity contribution in [3.05, 3.63) is 41.9 Å². The number of anilines is 3. The van der Waals surface area contributed by atoms with E-state index in [1.807, 2.05) is 25.1 Å². The van der Waals surface area contributed by atoms with E-state index in [1.165, 1.54) is 24.9 Å². The molecule has 1 aromatic heterocycles. The van der Waals surface area contributed by atoms with E-state index in [0.717, 1.165) is 50.8 Å². The standard InChI is InChI=1S/C22H30N6O/c1-17-23-20(16-21(24-17)28-10-4-3-5-11-28)22(29)25-18-6-8-19(9-7-18)27-14-12-26(2)13-15-27/h6-9,16H,3-5,10-15H2,1-2H3,(H,25,29). The molecule has 154 valence electrons. The topological polar surface area (TPSA) is 64.6 Å². The number of aromatic nitrogens is 2. The van der Waals surface area contributed by atoms with Crippen molar-refractivity contribution < 1.29 is 4.79 Å². The highest BCUT2D eigenvalue weighted by molar-refractivity contribution is 6.03. The van der Waals surface area contributed by atoms with E-state index in [4.69, 9.17) is 0 Å². The van der Waals surface area contributed by atoms with E-state index in [2.05, 4.69) is 49.2 Å². The molecule has 0 radical (unpaired) electrons. The van der Waals surface area contributed by atoms with Gasteiger partial charge in [-0.2, -0.15) is 0 Å². The summed E-state index contributed by atoms with van der Waals surface area (Å²) in [7, 11) is 2.15. The molecule has 0 atom stereocenters. The molecule has 4 rings (SSSR count). The Morgan fingerprint density at radius 3 is 2.28 bits per heavy atom. The zero-order valence-electron chi connectivity index (χ0n) is 17.4. The molecule has 1 N–H and O–H groups in total. The van der Waals surface area contributed by atoms with Crippen molar-refractivity contribution in [3.63, 3.8) is 0 Å². The maximum atomic E-state index is 12.8. The highest BCUT2D eigenvalue weighted by Crippen LogP contribution is 2.21. The Hall–Kier alpha value is -2.67. The number of hydrogen-bond donors (Lipinski definition) is 1. The molecule has 7 nitrogen and oxygen atoms in total. The fraction of sp³-hybridized carbons (Fsp3) is 0.500. The van der Waals surface area contributed by atoms with Crippen LogP contribution in [0.3, 0.4) is 0 Å². The Bertz CT molecular complexity index is 839. The van der Waals surface area contributed by atoms with Crippen LogP contribution in [0, 0.1) is 6.92 Å². The van der Waals surface area contributed by atoms with E-state index < -0.39 is 0 Å². The van der Waals surface area contributed by atoms with Crippen molar-refractivity contribution in [2.24, 2.45) is 0 Å². The third-order valence-corrected chi connectivity index (χ3v) is 5.73. The second kappa shape index (κ2) is 8.78. The molecule has 1 amide bonds. The van der Waals surface area contributed by atoms with Crippen molar-refractivity contribution in [3.8, 4) is 0 Å². The largest absolute Gasteiger partial charge is 0.369 e. The van der Waals surface area contributed by atoms with Crippen molar-refractivity contribution in [1.29, 1.82) is 0 Å². The van der Waals surface area contributed by atoms with E-state index in [-0.39, 0.29) is 5.91 Å². The Labute approximate surface area is 172 Å². The molecular formula is C22H30N6O. The van der Waals surface area contributed by atoms with Crippen LogP contribution in [0.5, 0.6) is 0 Å². The van der Waals surface area contributed by atoms with Crippen molar-refractivity contribution in [1.82, 2.24) is 14.9 Å². The average molecular weight is 395 g/mol. The lowest BCUT2D eigenvalue weighted by Gasteiger charge is -2.34. The molecule has 3 heterocycles. The van der Waals surface area contributed by atoms with E-state index in [0.29, 0.717) is 11.5 Å². The number of rotatable bonds is 4. The fourth-order valence-corrected chi connectivity index (χ4v) is 3.97. The molecule has 2 aromatic rings. The zero-order chi connectivity index (χ0) is 20.2. The average Bonchev–Trinajstić information content (AvgIpc) is 2.75. The highest BCUT2D eigenvalue weighted by atomic mass is 16.1. The molecule has 2 saturated heterocycles. The third-order valence-electron chi connectivity index (χ3n) is 5.73. The summed E-state index contributed by atoms with van der Waals surface area (Å²) < 4.78 is 0. The van der Waals surface area contributed by atoms with Gasteiger partial charge in [0.25, 0.3) is 5.91 Å². The molecule has 2 aliphatic heterocycles. The van der Waals surface area contributed by atoms with Gasteiger partial charge in [-0.05, 0) is 57.5 Å². The number of nitrogens with zero attached hydrogens (tertiary/aromatic N) is 5. The first-order chi connectivity index (χ1) is 14.1. The number of piperidine rings is 1. The number of aryl methyl sites for hydroxylation is 1. The van der Waals surface area contributed by atoms with E-state index in [9.17, 15) is 4.79 Å². The monoisotopic (exact) mass is 394 g/mol. The fourth-order valence-electron chi connectivity index (χ4n) is 3.97. The summed E-state index contributed by atoms with van der Waals surface area (Å²) in [5.74, 6) is 1.29. The van der Waals surface area contributed by atoms with Crippen LogP contribution in [0.1, 0.15) is 35.6 Å². The summed E-state index contributed by atoms with van der Waals surface area (Å²) in [5, 5.41) is 2.98. The summed E-state index contributed by atoms with van der Waals surface area (Å²) in [4.78, 5) is 28.7. The normalized spacial score (nSPS) is 18.0. The number of piperazine rings is 1. The molecule has 0 aliphatic carbocycles. The van der Waals surface area contributed by atoms with Gasteiger partial charge in [-0.15, -0.1) is 0 Å². The van der Waals surface area contributed by atoms with Crippen molar-refractivity contribution in [2.45, 2.75) is 26.2 Å². The minimum absolute atomic E-state index is 0.193. The lowest BCUT2D eigenvalue weighted by atomic mass is 10.1. The van der Waals surface area contributed by atoms with Gasteiger partial charge in [-0.1, -0.05) is 0 Å². The van der Waals surface area contributed by atoms with Crippen molar-refractivity contribution >= 4 is 23.1 Å². The van der Waals surface area contributed by atoms with E-state index in [1.54, 1.807) is 0 Å². The van der Waals surface area contributed by atoms with Gasteiger partial charge in [0.05, 0.1) is 0 Å². The van der Waals surface area contributed by atoms with Gasteiger partial charge in [0.15, 0.2) is 0 Å². The Balaban J connectivity index is 1.43. The molecule has 0 unspecified atom stereocenters. The quantitative estimate of drug-likeness (QED) is 0.860. The number of amides is 1. The predicted molar refractivity (Wildman–Crippen MR) is 117 cm³/mol. The molecule has 1 aromatic carbocycles. The van der Waals surface area contributed by atoms with Crippen LogP contribution >= 0.6 is 0 Å². The van der Waals surface area contributed by atoms with Crippen molar-refractivity contribution in [2.75, 3.05) is 61.4 Å². The Morgan fingerprint density at radius 1 is 0.897 bits per heavy atom. The van der Waals surface area contributed by atoms with Crippen LogP contribution < -0.4 is 15.1 Å². The van der Waals surface area contributed by atoms with Crippen LogP contribution in [0.2, 0.25) is 0 Å². The number of hydrogen-bond acceptors (Lipinski definition) is 6. The minimum atomic E-state index is -0.193. The molecular weight excluding hydrogens is 364 g/mol. The van der Waals surface area contributed by atoms with E-state index >= 15 is 0 Å². The van der Waals surface area contributed by atoms with Crippen LogP contribution in [0.4, 0.5) is 17.2 Å². The van der Waals surface area contributed by atoms with Crippen LogP contribution in [0.25, 0.3) is 0 Å². The lowest BCUT2D eigenvalue weighted by Crippen LogP contribution is -2.44. The second-order valence-electron chi connectivity index (χ2n) is 8.00. The number of benzene rings is 1. The first-order valence-corrected chi connectivity index (χ1v) is 10.5. The summed E-state index contributed by atoms with van der Waals surface area (Å²) in [6.07, 6.45) is 3.60. The maximum Gasteiger partial charge on any atom is 0.274 e. The summed E-state index contributed by atoms with van der Waals surface area (Å²) >= 11 is 0. The van der Waals surface area contributed by atoms with Gasteiger partial charge >= 0.3 is 0 Å². The Kier molecular flexibility index (Phi) is 5.94. The molecule has 2 fully saturated rings. The summed E-state index contributed by atoms with van der Waals surface area (Å²) in [6.45, 7) is 8.03. The lowest BCUT2D eigenvalue weighted by molar-refractivity contribution is 0.102. The summed E-state index contributed by atoms with van der Waals surface area (Å²) in [6, 6.07) is 9.89. The molecule has 7 heteroatoms. The van der Waals surface area contributed by atoms with Crippen LogP contribution in [-0.2, 0) is 0 Å². The maximum absolute atomic E-state index is 12.8. The Morgan fingerprint density at radius 2 is 1.59 bits per heavy atom. The molecule has 0 spiro atoms. The SMILES string of the molecule is Cc1nc(C(=O)Nc2ccc(N3CCN(C)CC3)cc2)cc(N2CCCCC2)n1.